The SMILES string of the molecule is CCNc1nc(-c2sccc2C)nc2ccc(Br)cc12. The zero-order valence-electron chi connectivity index (χ0n) is 11.3. The molecule has 2 aromatic heterocycles. The number of fused-ring (bicyclic) bond motifs is 1. The number of rotatable bonds is 3. The summed E-state index contributed by atoms with van der Waals surface area (Å²) in [7, 11) is 0. The van der Waals surface area contributed by atoms with Gasteiger partial charge in [0.1, 0.15) is 5.82 Å². The topological polar surface area (TPSA) is 37.8 Å². The van der Waals surface area contributed by atoms with Gasteiger partial charge < -0.3 is 5.32 Å². The third-order valence-corrected chi connectivity index (χ3v) is 4.57. The number of hydrogen-bond acceptors (Lipinski definition) is 4. The summed E-state index contributed by atoms with van der Waals surface area (Å²) in [4.78, 5) is 10.5. The summed E-state index contributed by atoms with van der Waals surface area (Å²) in [6, 6.07) is 8.19. The molecule has 0 saturated carbocycles. The molecule has 5 heteroatoms. The Labute approximate surface area is 130 Å². The zero-order chi connectivity index (χ0) is 14.1. The van der Waals surface area contributed by atoms with E-state index in [9.17, 15) is 0 Å². The molecule has 0 radical (unpaired) electrons. The molecule has 2 heterocycles. The van der Waals surface area contributed by atoms with Crippen molar-refractivity contribution in [3.05, 3.63) is 39.7 Å². The summed E-state index contributed by atoms with van der Waals surface area (Å²) in [6.45, 7) is 5.00. The van der Waals surface area contributed by atoms with E-state index in [0.717, 1.165) is 38.4 Å². The Hall–Kier alpha value is -1.46. The number of benzene rings is 1. The summed E-state index contributed by atoms with van der Waals surface area (Å²) in [5, 5.41) is 6.45. The summed E-state index contributed by atoms with van der Waals surface area (Å²) in [5.74, 6) is 1.69. The number of thiophene rings is 1. The minimum Gasteiger partial charge on any atom is -0.370 e. The van der Waals surface area contributed by atoms with Crippen LogP contribution in [0.2, 0.25) is 0 Å². The molecule has 1 N–H and O–H groups in total. The maximum absolute atomic E-state index is 4.70. The minimum atomic E-state index is 0.795. The number of aromatic nitrogens is 2. The molecular weight excluding hydrogens is 334 g/mol. The van der Waals surface area contributed by atoms with Crippen LogP contribution in [0.25, 0.3) is 21.6 Å². The third-order valence-electron chi connectivity index (χ3n) is 3.07. The minimum absolute atomic E-state index is 0.795. The molecule has 3 rings (SSSR count). The first-order chi connectivity index (χ1) is 9.69. The van der Waals surface area contributed by atoms with Crippen LogP contribution in [0.15, 0.2) is 34.1 Å². The van der Waals surface area contributed by atoms with E-state index >= 15 is 0 Å². The van der Waals surface area contributed by atoms with Gasteiger partial charge in [0, 0.05) is 16.4 Å². The predicted molar refractivity (Wildman–Crippen MR) is 89.5 cm³/mol. The fourth-order valence-electron chi connectivity index (χ4n) is 2.11. The molecule has 3 nitrogen and oxygen atoms in total. The Bertz CT molecular complexity index is 767. The van der Waals surface area contributed by atoms with E-state index in [2.05, 4.69) is 52.6 Å². The van der Waals surface area contributed by atoms with Crippen molar-refractivity contribution in [1.82, 2.24) is 9.97 Å². The van der Waals surface area contributed by atoms with Crippen LogP contribution in [0.1, 0.15) is 12.5 Å². The van der Waals surface area contributed by atoms with Crippen LogP contribution in [-0.2, 0) is 0 Å². The van der Waals surface area contributed by atoms with Gasteiger partial charge in [0.15, 0.2) is 5.82 Å². The van der Waals surface area contributed by atoms with Crippen molar-refractivity contribution in [2.45, 2.75) is 13.8 Å². The molecule has 1 aromatic carbocycles. The van der Waals surface area contributed by atoms with Gasteiger partial charge in [0.05, 0.1) is 10.4 Å². The van der Waals surface area contributed by atoms with Crippen LogP contribution in [-0.4, -0.2) is 16.5 Å². The van der Waals surface area contributed by atoms with E-state index < -0.39 is 0 Å². The van der Waals surface area contributed by atoms with Gasteiger partial charge >= 0.3 is 0 Å². The molecule has 0 unspecified atom stereocenters. The average Bonchev–Trinajstić information content (AvgIpc) is 2.85. The van der Waals surface area contributed by atoms with Crippen LogP contribution < -0.4 is 5.32 Å². The standard InChI is InChI=1S/C15H14BrN3S/c1-3-17-14-11-8-10(16)4-5-12(11)18-15(19-14)13-9(2)6-7-20-13/h4-8H,3H2,1-2H3,(H,17,18,19). The lowest BCUT2D eigenvalue weighted by Gasteiger charge is -2.09. The van der Waals surface area contributed by atoms with Crippen molar-refractivity contribution >= 4 is 44.0 Å². The highest BCUT2D eigenvalue weighted by Crippen LogP contribution is 2.31. The van der Waals surface area contributed by atoms with Crippen LogP contribution in [0.4, 0.5) is 5.82 Å². The Morgan fingerprint density at radius 2 is 2.10 bits per heavy atom. The second kappa shape index (κ2) is 5.50. The quantitative estimate of drug-likeness (QED) is 0.734. The molecule has 0 atom stereocenters. The number of aryl methyl sites for hydroxylation is 1. The first-order valence-corrected chi connectivity index (χ1v) is 8.12. The number of nitrogens with zero attached hydrogens (tertiary/aromatic N) is 2. The van der Waals surface area contributed by atoms with Gasteiger partial charge in [0.25, 0.3) is 0 Å². The lowest BCUT2D eigenvalue weighted by atomic mass is 10.2. The van der Waals surface area contributed by atoms with Crippen molar-refractivity contribution in [3.63, 3.8) is 0 Å². The third kappa shape index (κ3) is 2.43. The van der Waals surface area contributed by atoms with Crippen molar-refractivity contribution in [1.29, 1.82) is 0 Å². The lowest BCUT2D eigenvalue weighted by molar-refractivity contribution is 1.15. The largest absolute Gasteiger partial charge is 0.370 e. The van der Waals surface area contributed by atoms with Crippen LogP contribution in [0.5, 0.6) is 0 Å². The average molecular weight is 348 g/mol. The lowest BCUT2D eigenvalue weighted by Crippen LogP contribution is -2.02. The van der Waals surface area contributed by atoms with Crippen LogP contribution >= 0.6 is 27.3 Å². The molecule has 0 amide bonds. The molecule has 0 bridgehead atoms. The second-order valence-corrected chi connectivity index (χ2v) is 6.35. The number of nitrogens with one attached hydrogen (secondary N) is 1. The highest BCUT2D eigenvalue weighted by atomic mass is 79.9. The first kappa shape index (κ1) is 13.5. The molecule has 0 fully saturated rings. The molecule has 20 heavy (non-hydrogen) atoms. The summed E-state index contributed by atoms with van der Waals surface area (Å²) >= 11 is 5.18. The molecular formula is C15H14BrN3S. The van der Waals surface area contributed by atoms with E-state index in [4.69, 9.17) is 9.97 Å². The van der Waals surface area contributed by atoms with E-state index in [1.165, 1.54) is 5.56 Å². The van der Waals surface area contributed by atoms with Crippen molar-refractivity contribution in [3.8, 4) is 10.7 Å². The van der Waals surface area contributed by atoms with Crippen molar-refractivity contribution in [2.24, 2.45) is 0 Å². The fraction of sp³-hybridized carbons (Fsp3) is 0.200. The number of hydrogen-bond donors (Lipinski definition) is 1. The van der Waals surface area contributed by atoms with Crippen LogP contribution in [0.3, 0.4) is 0 Å². The summed E-state index contributed by atoms with van der Waals surface area (Å²) < 4.78 is 1.04. The van der Waals surface area contributed by atoms with Gasteiger partial charge in [-0.1, -0.05) is 15.9 Å². The number of anilines is 1. The van der Waals surface area contributed by atoms with Gasteiger partial charge in [0.2, 0.25) is 0 Å². The molecule has 3 aromatic rings. The smallest absolute Gasteiger partial charge is 0.172 e. The van der Waals surface area contributed by atoms with E-state index in [0.29, 0.717) is 0 Å². The molecule has 0 saturated heterocycles. The van der Waals surface area contributed by atoms with Crippen molar-refractivity contribution in [2.75, 3.05) is 11.9 Å². The molecule has 102 valence electrons. The normalized spacial score (nSPS) is 10.9. The summed E-state index contributed by atoms with van der Waals surface area (Å²) in [6.07, 6.45) is 0. The Kier molecular flexibility index (Phi) is 3.72. The molecule has 0 aliphatic rings. The highest BCUT2D eigenvalue weighted by molar-refractivity contribution is 9.10. The maximum atomic E-state index is 4.70. The first-order valence-electron chi connectivity index (χ1n) is 6.44. The maximum Gasteiger partial charge on any atom is 0.172 e. The van der Waals surface area contributed by atoms with E-state index in [1.807, 2.05) is 12.1 Å². The van der Waals surface area contributed by atoms with E-state index in [1.54, 1.807) is 11.3 Å². The molecule has 0 spiro atoms. The zero-order valence-corrected chi connectivity index (χ0v) is 13.7. The van der Waals surface area contributed by atoms with Crippen LogP contribution in [0, 0.1) is 6.92 Å². The van der Waals surface area contributed by atoms with E-state index in [-0.39, 0.29) is 0 Å². The predicted octanol–water partition coefficient (Wildman–Crippen LogP) is 4.86. The van der Waals surface area contributed by atoms with Gasteiger partial charge in [-0.15, -0.1) is 11.3 Å². The molecule has 0 aliphatic heterocycles. The molecule has 0 aliphatic carbocycles. The fourth-order valence-corrected chi connectivity index (χ4v) is 3.33. The monoisotopic (exact) mass is 347 g/mol. The Balaban J connectivity index is 2.25. The van der Waals surface area contributed by atoms with Gasteiger partial charge in [-0.25, -0.2) is 9.97 Å². The second-order valence-electron chi connectivity index (χ2n) is 4.52. The van der Waals surface area contributed by atoms with Gasteiger partial charge in [-0.2, -0.15) is 0 Å². The Morgan fingerprint density at radius 3 is 2.80 bits per heavy atom. The number of halogens is 1. The summed E-state index contributed by atoms with van der Waals surface area (Å²) in [5.41, 5.74) is 2.18. The Morgan fingerprint density at radius 1 is 1.25 bits per heavy atom. The van der Waals surface area contributed by atoms with Crippen molar-refractivity contribution < 1.29 is 0 Å². The van der Waals surface area contributed by atoms with Gasteiger partial charge in [-0.05, 0) is 49.1 Å². The highest BCUT2D eigenvalue weighted by Gasteiger charge is 2.12. The van der Waals surface area contributed by atoms with Gasteiger partial charge in [-0.3, -0.25) is 0 Å².